The standard InChI is InChI=1S/C8H4F4O/c9-3-7(13)5-1-4(10)2-6(11)8(5)12/h1-2H,3H2. The number of Topliss-reactive ketones (excluding diaryl/α,β-unsaturated/α-hetero) is 1. The Morgan fingerprint density at radius 3 is 2.38 bits per heavy atom. The van der Waals surface area contributed by atoms with Crippen molar-refractivity contribution < 1.29 is 22.4 Å². The highest BCUT2D eigenvalue weighted by Gasteiger charge is 2.16. The average molecular weight is 192 g/mol. The zero-order valence-corrected chi connectivity index (χ0v) is 6.28. The van der Waals surface area contributed by atoms with Gasteiger partial charge < -0.3 is 0 Å². The van der Waals surface area contributed by atoms with Crippen molar-refractivity contribution in [1.82, 2.24) is 0 Å². The van der Waals surface area contributed by atoms with Gasteiger partial charge in [0.1, 0.15) is 5.82 Å². The van der Waals surface area contributed by atoms with E-state index in [1.165, 1.54) is 0 Å². The lowest BCUT2D eigenvalue weighted by Gasteiger charge is -2.00. The van der Waals surface area contributed by atoms with E-state index >= 15 is 0 Å². The van der Waals surface area contributed by atoms with Crippen molar-refractivity contribution in [3.05, 3.63) is 35.1 Å². The Balaban J connectivity index is 3.28. The number of rotatable bonds is 2. The summed E-state index contributed by atoms with van der Waals surface area (Å²) in [6.07, 6.45) is 0. The van der Waals surface area contributed by atoms with Gasteiger partial charge in [-0.2, -0.15) is 0 Å². The average Bonchev–Trinajstić information content (AvgIpc) is 2.10. The molecule has 0 aliphatic rings. The molecule has 13 heavy (non-hydrogen) atoms. The number of hydrogen-bond donors (Lipinski definition) is 0. The van der Waals surface area contributed by atoms with Crippen LogP contribution in [0.4, 0.5) is 17.6 Å². The van der Waals surface area contributed by atoms with E-state index in [1.54, 1.807) is 0 Å². The maximum atomic E-state index is 12.7. The number of ketones is 1. The Morgan fingerprint density at radius 2 is 1.85 bits per heavy atom. The highest BCUT2D eigenvalue weighted by atomic mass is 19.2. The van der Waals surface area contributed by atoms with Crippen molar-refractivity contribution in [3.63, 3.8) is 0 Å². The summed E-state index contributed by atoms with van der Waals surface area (Å²) in [5.74, 6) is -5.42. The molecular weight excluding hydrogens is 188 g/mol. The predicted molar refractivity (Wildman–Crippen MR) is 36.6 cm³/mol. The molecule has 0 aromatic heterocycles. The number of alkyl halides is 1. The molecule has 0 unspecified atom stereocenters. The smallest absolute Gasteiger partial charge is 0.196 e. The summed E-state index contributed by atoms with van der Waals surface area (Å²) in [7, 11) is 0. The molecule has 0 saturated heterocycles. The van der Waals surface area contributed by atoms with Gasteiger partial charge in [0.2, 0.25) is 0 Å². The zero-order chi connectivity index (χ0) is 10.0. The summed E-state index contributed by atoms with van der Waals surface area (Å²) in [5, 5.41) is 0. The molecule has 0 aliphatic carbocycles. The highest BCUT2D eigenvalue weighted by molar-refractivity contribution is 5.97. The molecule has 0 spiro atoms. The molecule has 70 valence electrons. The molecule has 1 rings (SSSR count). The molecule has 0 N–H and O–H groups in total. The summed E-state index contributed by atoms with van der Waals surface area (Å²) < 4.78 is 49.3. The van der Waals surface area contributed by atoms with Crippen LogP contribution in [0.2, 0.25) is 0 Å². The summed E-state index contributed by atoms with van der Waals surface area (Å²) in [4.78, 5) is 10.6. The van der Waals surface area contributed by atoms with E-state index < -0.39 is 35.5 Å². The van der Waals surface area contributed by atoms with Gasteiger partial charge in [0.05, 0.1) is 5.56 Å². The third-order valence-electron chi connectivity index (χ3n) is 1.41. The molecular formula is C8H4F4O. The zero-order valence-electron chi connectivity index (χ0n) is 6.28. The van der Waals surface area contributed by atoms with E-state index in [1.807, 2.05) is 0 Å². The van der Waals surface area contributed by atoms with Gasteiger partial charge in [-0.25, -0.2) is 17.6 Å². The monoisotopic (exact) mass is 192 g/mol. The number of carbonyl (C=O) groups is 1. The van der Waals surface area contributed by atoms with Crippen LogP contribution in [0.25, 0.3) is 0 Å². The summed E-state index contributed by atoms with van der Waals surface area (Å²) in [6.45, 7) is -1.49. The van der Waals surface area contributed by atoms with E-state index in [0.717, 1.165) is 0 Å². The molecule has 0 aliphatic heterocycles. The molecule has 0 atom stereocenters. The van der Waals surface area contributed by atoms with Gasteiger partial charge in [0, 0.05) is 6.07 Å². The normalized spacial score (nSPS) is 10.2. The Hall–Kier alpha value is -1.39. The van der Waals surface area contributed by atoms with Crippen molar-refractivity contribution in [2.24, 2.45) is 0 Å². The van der Waals surface area contributed by atoms with Crippen molar-refractivity contribution in [2.45, 2.75) is 0 Å². The molecule has 1 aromatic rings. The molecule has 1 aromatic carbocycles. The van der Waals surface area contributed by atoms with Crippen LogP contribution in [0, 0.1) is 17.5 Å². The van der Waals surface area contributed by atoms with E-state index in [2.05, 4.69) is 0 Å². The van der Waals surface area contributed by atoms with Gasteiger partial charge in [-0.05, 0) is 6.07 Å². The first-order valence-corrected chi connectivity index (χ1v) is 3.30. The van der Waals surface area contributed by atoms with Crippen LogP contribution in [0.15, 0.2) is 12.1 Å². The summed E-state index contributed by atoms with van der Waals surface area (Å²) in [6, 6.07) is 0.741. The Labute approximate surface area is 71.0 Å². The van der Waals surface area contributed by atoms with E-state index in [0.29, 0.717) is 6.07 Å². The van der Waals surface area contributed by atoms with Crippen LogP contribution in [0.1, 0.15) is 10.4 Å². The van der Waals surface area contributed by atoms with E-state index in [4.69, 9.17) is 0 Å². The van der Waals surface area contributed by atoms with E-state index in [-0.39, 0.29) is 6.07 Å². The minimum atomic E-state index is -1.52. The first-order chi connectivity index (χ1) is 6.06. The van der Waals surface area contributed by atoms with Gasteiger partial charge in [-0.3, -0.25) is 4.79 Å². The summed E-state index contributed by atoms with van der Waals surface area (Å²) in [5.41, 5.74) is -0.903. The van der Waals surface area contributed by atoms with Gasteiger partial charge in [-0.1, -0.05) is 0 Å². The SMILES string of the molecule is O=C(CF)c1cc(F)cc(F)c1F. The van der Waals surface area contributed by atoms with Crippen molar-refractivity contribution in [1.29, 1.82) is 0 Å². The van der Waals surface area contributed by atoms with Crippen molar-refractivity contribution in [2.75, 3.05) is 6.67 Å². The second-order valence-electron chi connectivity index (χ2n) is 2.31. The fraction of sp³-hybridized carbons (Fsp3) is 0.125. The van der Waals surface area contributed by atoms with Crippen LogP contribution < -0.4 is 0 Å². The molecule has 0 amide bonds. The minimum Gasteiger partial charge on any atom is -0.291 e. The second-order valence-corrected chi connectivity index (χ2v) is 2.31. The van der Waals surface area contributed by atoms with Gasteiger partial charge in [0.25, 0.3) is 0 Å². The van der Waals surface area contributed by atoms with Crippen LogP contribution in [0.3, 0.4) is 0 Å². The summed E-state index contributed by atoms with van der Waals surface area (Å²) >= 11 is 0. The van der Waals surface area contributed by atoms with Gasteiger partial charge in [0.15, 0.2) is 24.1 Å². The molecule has 1 nitrogen and oxygen atoms in total. The fourth-order valence-electron chi connectivity index (χ4n) is 0.831. The first-order valence-electron chi connectivity index (χ1n) is 3.30. The Bertz CT molecular complexity index is 348. The Kier molecular flexibility index (Phi) is 2.65. The fourth-order valence-corrected chi connectivity index (χ4v) is 0.831. The van der Waals surface area contributed by atoms with Crippen molar-refractivity contribution >= 4 is 5.78 Å². The topological polar surface area (TPSA) is 17.1 Å². The van der Waals surface area contributed by atoms with E-state index in [9.17, 15) is 22.4 Å². The molecule has 0 bridgehead atoms. The lowest BCUT2D eigenvalue weighted by molar-refractivity contribution is 0.0953. The molecule has 0 saturated carbocycles. The maximum absolute atomic E-state index is 12.7. The van der Waals surface area contributed by atoms with Gasteiger partial charge >= 0.3 is 0 Å². The Morgan fingerprint density at radius 1 is 1.23 bits per heavy atom. The maximum Gasteiger partial charge on any atom is 0.196 e. The largest absolute Gasteiger partial charge is 0.291 e. The number of halogens is 4. The second kappa shape index (κ2) is 3.55. The van der Waals surface area contributed by atoms with Crippen LogP contribution in [-0.2, 0) is 0 Å². The molecule has 0 radical (unpaired) electrons. The predicted octanol–water partition coefficient (Wildman–Crippen LogP) is 2.26. The number of carbonyl (C=O) groups excluding carboxylic acids is 1. The first kappa shape index (κ1) is 9.70. The molecule has 0 heterocycles. The molecule has 5 heteroatoms. The minimum absolute atomic E-state index is 0.282. The quantitative estimate of drug-likeness (QED) is 0.399. The number of hydrogen-bond acceptors (Lipinski definition) is 1. The van der Waals surface area contributed by atoms with Crippen LogP contribution in [-0.4, -0.2) is 12.5 Å². The molecule has 0 fully saturated rings. The third-order valence-corrected chi connectivity index (χ3v) is 1.41. The van der Waals surface area contributed by atoms with Gasteiger partial charge in [-0.15, -0.1) is 0 Å². The van der Waals surface area contributed by atoms with Crippen LogP contribution >= 0.6 is 0 Å². The number of benzene rings is 1. The third kappa shape index (κ3) is 1.85. The lowest BCUT2D eigenvalue weighted by atomic mass is 10.1. The highest BCUT2D eigenvalue weighted by Crippen LogP contribution is 2.14. The lowest BCUT2D eigenvalue weighted by Crippen LogP contribution is -2.06. The van der Waals surface area contributed by atoms with Crippen LogP contribution in [0.5, 0.6) is 0 Å². The van der Waals surface area contributed by atoms with Crippen molar-refractivity contribution in [3.8, 4) is 0 Å².